The van der Waals surface area contributed by atoms with Gasteiger partial charge < -0.3 is 24.3 Å². The van der Waals surface area contributed by atoms with E-state index in [-0.39, 0.29) is 13.2 Å². The van der Waals surface area contributed by atoms with E-state index in [1.54, 1.807) is 43.3 Å². The molecule has 1 amide bonds. The van der Waals surface area contributed by atoms with Gasteiger partial charge in [-0.15, -0.1) is 0 Å². The minimum atomic E-state index is -0.674. The smallest absolute Gasteiger partial charge is 0.344 e. The summed E-state index contributed by atoms with van der Waals surface area (Å²) in [6, 6.07) is 13.0. The van der Waals surface area contributed by atoms with E-state index in [1.807, 2.05) is 6.92 Å². The SMILES string of the molecule is CCOC(=O)c1ccc(NC(=O)COC(=O)COc2ccc(OCC)cc2)cc1. The molecule has 1 N–H and O–H groups in total. The van der Waals surface area contributed by atoms with Crippen LogP contribution in [0.3, 0.4) is 0 Å². The predicted octanol–water partition coefficient (Wildman–Crippen LogP) is 2.82. The molecular formula is C21H23NO7. The first-order chi connectivity index (χ1) is 14.0. The summed E-state index contributed by atoms with van der Waals surface area (Å²) < 4.78 is 20.4. The fourth-order valence-corrected chi connectivity index (χ4v) is 2.23. The third kappa shape index (κ3) is 7.53. The van der Waals surface area contributed by atoms with Gasteiger partial charge in [0, 0.05) is 5.69 Å². The van der Waals surface area contributed by atoms with Crippen molar-refractivity contribution in [1.82, 2.24) is 0 Å². The summed E-state index contributed by atoms with van der Waals surface area (Å²) in [6.07, 6.45) is 0. The molecular weight excluding hydrogens is 378 g/mol. The van der Waals surface area contributed by atoms with Crippen LogP contribution in [0.2, 0.25) is 0 Å². The van der Waals surface area contributed by atoms with E-state index in [4.69, 9.17) is 18.9 Å². The van der Waals surface area contributed by atoms with Crippen molar-refractivity contribution in [1.29, 1.82) is 0 Å². The van der Waals surface area contributed by atoms with Crippen LogP contribution < -0.4 is 14.8 Å². The maximum absolute atomic E-state index is 11.9. The molecule has 0 radical (unpaired) electrons. The Morgan fingerprint density at radius 3 is 1.97 bits per heavy atom. The largest absolute Gasteiger partial charge is 0.494 e. The molecule has 0 spiro atoms. The highest BCUT2D eigenvalue weighted by Gasteiger charge is 2.10. The topological polar surface area (TPSA) is 100 Å². The Morgan fingerprint density at radius 1 is 0.759 bits per heavy atom. The van der Waals surface area contributed by atoms with Gasteiger partial charge in [0.2, 0.25) is 0 Å². The molecule has 2 aromatic carbocycles. The second kappa shape index (κ2) is 11.3. The first-order valence-electron chi connectivity index (χ1n) is 9.10. The Balaban J connectivity index is 1.71. The van der Waals surface area contributed by atoms with Gasteiger partial charge in [0.1, 0.15) is 11.5 Å². The molecule has 0 aliphatic rings. The molecule has 2 aromatic rings. The van der Waals surface area contributed by atoms with Gasteiger partial charge in [0.25, 0.3) is 5.91 Å². The maximum atomic E-state index is 11.9. The van der Waals surface area contributed by atoms with E-state index in [0.29, 0.717) is 29.4 Å². The highest BCUT2D eigenvalue weighted by atomic mass is 16.6. The van der Waals surface area contributed by atoms with Crippen LogP contribution in [0.25, 0.3) is 0 Å². The number of hydrogen-bond acceptors (Lipinski definition) is 7. The van der Waals surface area contributed by atoms with Crippen molar-refractivity contribution in [2.75, 3.05) is 31.7 Å². The molecule has 0 saturated carbocycles. The Hall–Kier alpha value is -3.55. The molecule has 0 atom stereocenters. The summed E-state index contributed by atoms with van der Waals surface area (Å²) in [4.78, 5) is 35.2. The Bertz CT molecular complexity index is 816. The number of benzene rings is 2. The van der Waals surface area contributed by atoms with Crippen LogP contribution in [-0.2, 0) is 19.1 Å². The van der Waals surface area contributed by atoms with Crippen LogP contribution in [-0.4, -0.2) is 44.3 Å². The van der Waals surface area contributed by atoms with Crippen molar-refractivity contribution in [3.8, 4) is 11.5 Å². The van der Waals surface area contributed by atoms with Crippen LogP contribution in [0, 0.1) is 0 Å². The molecule has 0 saturated heterocycles. The molecule has 0 fully saturated rings. The zero-order valence-electron chi connectivity index (χ0n) is 16.3. The lowest BCUT2D eigenvalue weighted by Gasteiger charge is -2.09. The quantitative estimate of drug-likeness (QED) is 0.611. The monoisotopic (exact) mass is 401 g/mol. The van der Waals surface area contributed by atoms with Gasteiger partial charge in [-0.25, -0.2) is 9.59 Å². The number of carbonyl (C=O) groups is 3. The summed E-state index contributed by atoms with van der Waals surface area (Å²) in [5.41, 5.74) is 0.840. The first-order valence-corrected chi connectivity index (χ1v) is 9.10. The molecule has 0 heterocycles. The van der Waals surface area contributed by atoms with Gasteiger partial charge in [-0.3, -0.25) is 4.79 Å². The number of ether oxygens (including phenoxy) is 4. The van der Waals surface area contributed by atoms with Gasteiger partial charge in [-0.1, -0.05) is 0 Å². The normalized spacial score (nSPS) is 10.0. The number of carbonyl (C=O) groups excluding carboxylic acids is 3. The van der Waals surface area contributed by atoms with Crippen molar-refractivity contribution in [3.63, 3.8) is 0 Å². The molecule has 2 rings (SSSR count). The van der Waals surface area contributed by atoms with Gasteiger partial charge in [-0.2, -0.15) is 0 Å². The first kappa shape index (κ1) is 21.7. The van der Waals surface area contributed by atoms with Crippen LogP contribution >= 0.6 is 0 Å². The molecule has 0 unspecified atom stereocenters. The molecule has 0 aliphatic carbocycles. The highest BCUT2D eigenvalue weighted by molar-refractivity contribution is 5.94. The number of amides is 1. The summed E-state index contributed by atoms with van der Waals surface area (Å²) in [7, 11) is 0. The fraction of sp³-hybridized carbons (Fsp3) is 0.286. The summed E-state index contributed by atoms with van der Waals surface area (Å²) in [6.45, 7) is 3.67. The van der Waals surface area contributed by atoms with E-state index >= 15 is 0 Å². The lowest BCUT2D eigenvalue weighted by atomic mass is 10.2. The average molecular weight is 401 g/mol. The molecule has 0 bridgehead atoms. The van der Waals surface area contributed by atoms with Crippen molar-refractivity contribution < 1.29 is 33.3 Å². The second-order valence-corrected chi connectivity index (χ2v) is 5.70. The van der Waals surface area contributed by atoms with E-state index in [2.05, 4.69) is 5.32 Å². The Labute approximate surface area is 168 Å². The Morgan fingerprint density at radius 2 is 1.38 bits per heavy atom. The third-order valence-electron chi connectivity index (χ3n) is 3.54. The number of anilines is 1. The van der Waals surface area contributed by atoms with Crippen molar-refractivity contribution in [3.05, 3.63) is 54.1 Å². The van der Waals surface area contributed by atoms with E-state index in [9.17, 15) is 14.4 Å². The fourth-order valence-electron chi connectivity index (χ4n) is 2.23. The van der Waals surface area contributed by atoms with Crippen molar-refractivity contribution >= 4 is 23.5 Å². The zero-order chi connectivity index (χ0) is 21.1. The lowest BCUT2D eigenvalue weighted by molar-refractivity contribution is -0.149. The minimum absolute atomic E-state index is 0.283. The Kier molecular flexibility index (Phi) is 8.50. The van der Waals surface area contributed by atoms with E-state index in [1.165, 1.54) is 12.1 Å². The number of nitrogens with one attached hydrogen (secondary N) is 1. The lowest BCUT2D eigenvalue weighted by Crippen LogP contribution is -2.23. The molecule has 154 valence electrons. The molecule has 8 heteroatoms. The van der Waals surface area contributed by atoms with Crippen LogP contribution in [0.15, 0.2) is 48.5 Å². The molecule has 0 aliphatic heterocycles. The highest BCUT2D eigenvalue weighted by Crippen LogP contribution is 2.17. The predicted molar refractivity (Wildman–Crippen MR) is 105 cm³/mol. The van der Waals surface area contributed by atoms with Crippen molar-refractivity contribution in [2.45, 2.75) is 13.8 Å². The van der Waals surface area contributed by atoms with Crippen LogP contribution in [0.5, 0.6) is 11.5 Å². The summed E-state index contributed by atoms with van der Waals surface area (Å²) >= 11 is 0. The van der Waals surface area contributed by atoms with Crippen LogP contribution in [0.1, 0.15) is 24.2 Å². The van der Waals surface area contributed by atoms with Gasteiger partial charge in [0.05, 0.1) is 18.8 Å². The van der Waals surface area contributed by atoms with Gasteiger partial charge in [-0.05, 0) is 62.4 Å². The second-order valence-electron chi connectivity index (χ2n) is 5.70. The summed E-state index contributed by atoms with van der Waals surface area (Å²) in [5, 5.41) is 2.56. The van der Waals surface area contributed by atoms with Gasteiger partial charge in [0.15, 0.2) is 13.2 Å². The zero-order valence-corrected chi connectivity index (χ0v) is 16.3. The molecule has 0 aromatic heterocycles. The van der Waals surface area contributed by atoms with Crippen LogP contribution in [0.4, 0.5) is 5.69 Å². The third-order valence-corrected chi connectivity index (χ3v) is 3.54. The van der Waals surface area contributed by atoms with Crippen molar-refractivity contribution in [2.24, 2.45) is 0 Å². The number of hydrogen-bond donors (Lipinski definition) is 1. The maximum Gasteiger partial charge on any atom is 0.344 e. The molecule has 29 heavy (non-hydrogen) atoms. The standard InChI is InChI=1S/C21H23NO7/c1-3-26-17-9-11-18(12-10-17)28-14-20(24)29-13-19(23)22-16-7-5-15(6-8-16)21(25)27-4-2/h5-12H,3-4,13-14H2,1-2H3,(H,22,23). The number of esters is 2. The van der Waals surface area contributed by atoms with E-state index in [0.717, 1.165) is 0 Å². The number of rotatable bonds is 10. The molecule has 8 nitrogen and oxygen atoms in total. The van der Waals surface area contributed by atoms with Gasteiger partial charge >= 0.3 is 11.9 Å². The average Bonchev–Trinajstić information content (AvgIpc) is 2.72. The van der Waals surface area contributed by atoms with E-state index < -0.39 is 24.5 Å². The summed E-state index contributed by atoms with van der Waals surface area (Å²) in [5.74, 6) is -0.437. The minimum Gasteiger partial charge on any atom is -0.494 e.